The summed E-state index contributed by atoms with van der Waals surface area (Å²) in [5.74, 6) is -0.164. The highest BCUT2D eigenvalue weighted by molar-refractivity contribution is 5.34. The minimum absolute atomic E-state index is 0.164. The van der Waals surface area contributed by atoms with E-state index in [-0.39, 0.29) is 11.9 Å². The summed E-state index contributed by atoms with van der Waals surface area (Å²) in [5.41, 5.74) is 8.14. The zero-order valence-electron chi connectivity index (χ0n) is 11.2. The number of rotatable bonds is 5. The first-order chi connectivity index (χ1) is 8.61. The number of hydrogen-bond acceptors (Lipinski definition) is 3. The summed E-state index contributed by atoms with van der Waals surface area (Å²) >= 11 is 0. The van der Waals surface area contributed by atoms with Gasteiger partial charge in [0.1, 0.15) is 5.82 Å². The number of hydrogen-bond donors (Lipinski definition) is 1. The summed E-state index contributed by atoms with van der Waals surface area (Å²) in [6.45, 7) is 3.53. The maximum absolute atomic E-state index is 13.3. The monoisotopic (exact) mass is 251 g/mol. The van der Waals surface area contributed by atoms with Gasteiger partial charge in [-0.15, -0.1) is 0 Å². The highest BCUT2D eigenvalue weighted by Gasteiger charge is 2.28. The highest BCUT2D eigenvalue weighted by atomic mass is 19.1. The van der Waals surface area contributed by atoms with Crippen LogP contribution in [0.2, 0.25) is 0 Å². The minimum atomic E-state index is -0.164. The van der Waals surface area contributed by atoms with Crippen molar-refractivity contribution in [1.29, 1.82) is 0 Å². The molecule has 1 aliphatic rings. The fourth-order valence-electron chi connectivity index (χ4n) is 2.65. The molecule has 0 spiro atoms. The molecule has 0 saturated carbocycles. The van der Waals surface area contributed by atoms with Crippen LogP contribution in [0.3, 0.4) is 0 Å². The Morgan fingerprint density at radius 3 is 2.89 bits per heavy atom. The largest absolute Gasteiger partial charge is 0.329 e. The summed E-state index contributed by atoms with van der Waals surface area (Å²) < 4.78 is 13.3. The lowest BCUT2D eigenvalue weighted by molar-refractivity contribution is 0.208. The number of nitrogens with two attached hydrogens (primary N) is 1. The van der Waals surface area contributed by atoms with Gasteiger partial charge in [-0.3, -0.25) is 4.90 Å². The van der Waals surface area contributed by atoms with E-state index in [1.54, 1.807) is 6.07 Å². The van der Waals surface area contributed by atoms with Crippen molar-refractivity contribution in [2.24, 2.45) is 5.73 Å². The van der Waals surface area contributed by atoms with Crippen molar-refractivity contribution in [2.45, 2.75) is 19.0 Å². The van der Waals surface area contributed by atoms with Crippen LogP contribution in [0.25, 0.3) is 0 Å². The van der Waals surface area contributed by atoms with E-state index in [2.05, 4.69) is 23.9 Å². The van der Waals surface area contributed by atoms with Gasteiger partial charge in [-0.25, -0.2) is 4.39 Å². The third-order valence-electron chi connectivity index (χ3n) is 3.56. The molecule has 100 valence electrons. The van der Waals surface area contributed by atoms with Gasteiger partial charge in [0, 0.05) is 25.7 Å². The summed E-state index contributed by atoms with van der Waals surface area (Å²) in [6, 6.07) is 5.24. The van der Waals surface area contributed by atoms with E-state index in [9.17, 15) is 4.39 Å². The molecule has 1 aromatic rings. The second kappa shape index (κ2) is 5.78. The molecule has 1 atom stereocenters. The molecule has 18 heavy (non-hydrogen) atoms. The van der Waals surface area contributed by atoms with E-state index >= 15 is 0 Å². The summed E-state index contributed by atoms with van der Waals surface area (Å²) in [6.07, 6.45) is 1.11. The fourth-order valence-corrected chi connectivity index (χ4v) is 2.65. The van der Waals surface area contributed by atoms with Gasteiger partial charge in [0.2, 0.25) is 0 Å². The number of benzene rings is 1. The van der Waals surface area contributed by atoms with Crippen LogP contribution in [0.4, 0.5) is 4.39 Å². The van der Waals surface area contributed by atoms with Crippen LogP contribution in [0.15, 0.2) is 18.2 Å². The van der Waals surface area contributed by atoms with Crippen molar-refractivity contribution in [3.05, 3.63) is 35.1 Å². The van der Waals surface area contributed by atoms with Gasteiger partial charge >= 0.3 is 0 Å². The first-order valence-electron chi connectivity index (χ1n) is 6.49. The second-order valence-corrected chi connectivity index (χ2v) is 5.22. The minimum Gasteiger partial charge on any atom is -0.329 e. The SMILES string of the molecule is CN(C)CCCN1Cc2ccc(F)cc2C1CN. The molecule has 1 heterocycles. The van der Waals surface area contributed by atoms with Crippen LogP contribution in [0, 0.1) is 5.82 Å². The molecule has 1 unspecified atom stereocenters. The third kappa shape index (κ3) is 2.88. The average Bonchev–Trinajstić information content (AvgIpc) is 2.65. The van der Waals surface area contributed by atoms with Crippen LogP contribution in [0.1, 0.15) is 23.6 Å². The summed E-state index contributed by atoms with van der Waals surface area (Å²) in [7, 11) is 4.16. The topological polar surface area (TPSA) is 32.5 Å². The van der Waals surface area contributed by atoms with Crippen LogP contribution < -0.4 is 5.73 Å². The maximum Gasteiger partial charge on any atom is 0.123 e. The molecule has 4 heteroatoms. The predicted octanol–water partition coefficient (Wildman–Crippen LogP) is 1.59. The van der Waals surface area contributed by atoms with Gasteiger partial charge in [-0.1, -0.05) is 6.07 Å². The summed E-state index contributed by atoms with van der Waals surface area (Å²) in [5, 5.41) is 0. The Morgan fingerprint density at radius 1 is 1.44 bits per heavy atom. The standard InChI is InChI=1S/C14H22FN3/c1-17(2)6-3-7-18-10-11-4-5-12(15)8-13(11)14(18)9-16/h4-5,8,14H,3,6-7,9-10,16H2,1-2H3. The van der Waals surface area contributed by atoms with Crippen LogP contribution in [-0.2, 0) is 6.54 Å². The molecule has 3 nitrogen and oxygen atoms in total. The number of fused-ring (bicyclic) bond motifs is 1. The maximum atomic E-state index is 13.3. The molecule has 0 fully saturated rings. The van der Waals surface area contributed by atoms with E-state index in [1.165, 1.54) is 11.6 Å². The Balaban J connectivity index is 2.03. The number of nitrogens with zero attached hydrogens (tertiary/aromatic N) is 2. The Kier molecular flexibility index (Phi) is 4.32. The van der Waals surface area contributed by atoms with E-state index in [4.69, 9.17) is 5.73 Å². The molecular formula is C14H22FN3. The zero-order chi connectivity index (χ0) is 13.1. The molecule has 2 N–H and O–H groups in total. The van der Waals surface area contributed by atoms with Gasteiger partial charge in [-0.2, -0.15) is 0 Å². The van der Waals surface area contributed by atoms with Crippen molar-refractivity contribution < 1.29 is 4.39 Å². The van der Waals surface area contributed by atoms with Gasteiger partial charge in [0.15, 0.2) is 0 Å². The molecule has 0 aromatic heterocycles. The molecule has 1 aliphatic heterocycles. The Morgan fingerprint density at radius 2 is 2.22 bits per heavy atom. The number of halogens is 1. The highest BCUT2D eigenvalue weighted by Crippen LogP contribution is 2.33. The predicted molar refractivity (Wildman–Crippen MR) is 71.8 cm³/mol. The normalized spacial score (nSPS) is 19.5. The van der Waals surface area contributed by atoms with E-state index in [0.29, 0.717) is 6.54 Å². The molecule has 0 aliphatic carbocycles. The van der Waals surface area contributed by atoms with E-state index in [1.807, 2.05) is 6.07 Å². The molecule has 0 amide bonds. The molecular weight excluding hydrogens is 229 g/mol. The van der Waals surface area contributed by atoms with Crippen LogP contribution in [0.5, 0.6) is 0 Å². The average molecular weight is 251 g/mol. The van der Waals surface area contributed by atoms with E-state index in [0.717, 1.165) is 31.6 Å². The molecule has 2 rings (SSSR count). The van der Waals surface area contributed by atoms with Gasteiger partial charge < -0.3 is 10.6 Å². The first kappa shape index (κ1) is 13.5. The Labute approximate surface area is 108 Å². The first-order valence-corrected chi connectivity index (χ1v) is 6.49. The quantitative estimate of drug-likeness (QED) is 0.862. The van der Waals surface area contributed by atoms with Crippen molar-refractivity contribution in [3.63, 3.8) is 0 Å². The van der Waals surface area contributed by atoms with Gasteiger partial charge in [-0.05, 0) is 50.3 Å². The smallest absolute Gasteiger partial charge is 0.123 e. The van der Waals surface area contributed by atoms with Crippen molar-refractivity contribution in [1.82, 2.24) is 9.80 Å². The molecule has 0 saturated heterocycles. The fraction of sp³-hybridized carbons (Fsp3) is 0.571. The van der Waals surface area contributed by atoms with Crippen LogP contribution in [-0.4, -0.2) is 43.5 Å². The lowest BCUT2D eigenvalue weighted by Crippen LogP contribution is -2.30. The van der Waals surface area contributed by atoms with Crippen molar-refractivity contribution >= 4 is 0 Å². The lowest BCUT2D eigenvalue weighted by Gasteiger charge is -2.24. The Bertz CT molecular complexity index is 406. The lowest BCUT2D eigenvalue weighted by atomic mass is 10.0. The molecule has 0 radical (unpaired) electrons. The summed E-state index contributed by atoms with van der Waals surface area (Å²) in [4.78, 5) is 4.54. The molecule has 1 aromatic carbocycles. The Hall–Kier alpha value is -0.970. The van der Waals surface area contributed by atoms with Gasteiger partial charge in [0.25, 0.3) is 0 Å². The van der Waals surface area contributed by atoms with Crippen molar-refractivity contribution in [3.8, 4) is 0 Å². The van der Waals surface area contributed by atoms with Crippen molar-refractivity contribution in [2.75, 3.05) is 33.7 Å². The third-order valence-corrected chi connectivity index (χ3v) is 3.56. The second-order valence-electron chi connectivity index (χ2n) is 5.22. The molecule has 0 bridgehead atoms. The van der Waals surface area contributed by atoms with Crippen LogP contribution >= 0.6 is 0 Å². The zero-order valence-corrected chi connectivity index (χ0v) is 11.2. The van der Waals surface area contributed by atoms with Gasteiger partial charge in [0.05, 0.1) is 0 Å². The van der Waals surface area contributed by atoms with E-state index < -0.39 is 0 Å².